The second-order valence-corrected chi connectivity index (χ2v) is 7.51. The standard InChI is InChI=1S/C25H22ClNO4/c1-16-5-3-4-6-22(16)30-11-12-31-23-10-7-17(14-24(23)29-2)13-20-19-9-8-18(26)15-21(19)27-25(20)28/h3-10,13-15H,11-12H2,1-2H3,(H,27,28)/b20-13+. The average molecular weight is 436 g/mol. The summed E-state index contributed by atoms with van der Waals surface area (Å²) in [7, 11) is 1.59. The largest absolute Gasteiger partial charge is 0.493 e. The van der Waals surface area contributed by atoms with Crippen molar-refractivity contribution in [2.75, 3.05) is 25.6 Å². The summed E-state index contributed by atoms with van der Waals surface area (Å²) in [4.78, 5) is 12.4. The number of amides is 1. The number of para-hydroxylation sites is 1. The number of methoxy groups -OCH3 is 1. The van der Waals surface area contributed by atoms with Gasteiger partial charge in [0, 0.05) is 16.2 Å². The molecule has 3 aromatic carbocycles. The number of hydrogen-bond donors (Lipinski definition) is 1. The van der Waals surface area contributed by atoms with Crippen molar-refractivity contribution >= 4 is 34.8 Å². The highest BCUT2D eigenvalue weighted by molar-refractivity contribution is 6.36. The Labute approximate surface area is 186 Å². The third-order valence-corrected chi connectivity index (χ3v) is 5.19. The third kappa shape index (κ3) is 4.67. The first-order valence-electron chi connectivity index (χ1n) is 9.87. The molecule has 158 valence electrons. The van der Waals surface area contributed by atoms with Crippen molar-refractivity contribution in [1.29, 1.82) is 0 Å². The summed E-state index contributed by atoms with van der Waals surface area (Å²) in [5.74, 6) is 1.88. The van der Waals surface area contributed by atoms with E-state index in [1.807, 2.05) is 61.5 Å². The number of rotatable bonds is 7. The first-order valence-corrected chi connectivity index (χ1v) is 10.2. The summed E-state index contributed by atoms with van der Waals surface area (Å²) in [6.07, 6.45) is 1.82. The van der Waals surface area contributed by atoms with E-state index in [0.29, 0.717) is 41.0 Å². The molecule has 0 fully saturated rings. The molecule has 0 aliphatic carbocycles. The molecule has 4 rings (SSSR count). The van der Waals surface area contributed by atoms with Crippen molar-refractivity contribution in [1.82, 2.24) is 0 Å². The normalized spacial score (nSPS) is 13.6. The number of ether oxygens (including phenoxy) is 3. The van der Waals surface area contributed by atoms with Gasteiger partial charge in [-0.15, -0.1) is 0 Å². The number of halogens is 1. The van der Waals surface area contributed by atoms with Crippen molar-refractivity contribution in [3.05, 3.63) is 82.4 Å². The summed E-state index contributed by atoms with van der Waals surface area (Å²) in [6.45, 7) is 2.80. The van der Waals surface area contributed by atoms with E-state index in [0.717, 1.165) is 22.4 Å². The lowest BCUT2D eigenvalue weighted by atomic mass is 10.0. The molecule has 1 N–H and O–H groups in total. The fraction of sp³-hybridized carbons (Fsp3) is 0.160. The van der Waals surface area contributed by atoms with E-state index in [-0.39, 0.29) is 5.91 Å². The van der Waals surface area contributed by atoms with Gasteiger partial charge in [-0.1, -0.05) is 41.9 Å². The third-order valence-electron chi connectivity index (χ3n) is 4.96. The first-order chi connectivity index (χ1) is 15.0. The SMILES string of the molecule is COc1cc(/C=C2/C(=O)Nc3cc(Cl)ccc32)ccc1OCCOc1ccccc1C. The van der Waals surface area contributed by atoms with Crippen LogP contribution >= 0.6 is 11.6 Å². The van der Waals surface area contributed by atoms with Crippen LogP contribution in [0.15, 0.2) is 60.7 Å². The molecule has 0 saturated carbocycles. The molecule has 31 heavy (non-hydrogen) atoms. The van der Waals surface area contributed by atoms with E-state index in [1.165, 1.54) is 0 Å². The molecule has 0 radical (unpaired) electrons. The van der Waals surface area contributed by atoms with Crippen molar-refractivity contribution in [3.63, 3.8) is 0 Å². The minimum atomic E-state index is -0.162. The van der Waals surface area contributed by atoms with Crippen LogP contribution in [0, 0.1) is 6.92 Å². The molecule has 0 saturated heterocycles. The van der Waals surface area contributed by atoms with Gasteiger partial charge in [-0.05, 0) is 54.5 Å². The molecule has 0 aromatic heterocycles. The van der Waals surface area contributed by atoms with Crippen LogP contribution in [-0.2, 0) is 4.79 Å². The van der Waals surface area contributed by atoms with E-state index >= 15 is 0 Å². The van der Waals surface area contributed by atoms with Crippen LogP contribution in [0.4, 0.5) is 5.69 Å². The maximum absolute atomic E-state index is 12.4. The highest BCUT2D eigenvalue weighted by atomic mass is 35.5. The van der Waals surface area contributed by atoms with Crippen LogP contribution in [0.25, 0.3) is 11.6 Å². The Bertz CT molecular complexity index is 1160. The van der Waals surface area contributed by atoms with Gasteiger partial charge in [0.05, 0.1) is 12.8 Å². The van der Waals surface area contributed by atoms with Crippen LogP contribution in [-0.4, -0.2) is 26.2 Å². The Morgan fingerprint density at radius 3 is 2.48 bits per heavy atom. The smallest absolute Gasteiger partial charge is 0.256 e. The summed E-state index contributed by atoms with van der Waals surface area (Å²) in [6, 6.07) is 18.8. The molecule has 0 spiro atoms. The van der Waals surface area contributed by atoms with E-state index < -0.39 is 0 Å². The van der Waals surface area contributed by atoms with E-state index in [4.69, 9.17) is 25.8 Å². The van der Waals surface area contributed by atoms with Gasteiger partial charge in [0.2, 0.25) is 0 Å². The van der Waals surface area contributed by atoms with Crippen molar-refractivity contribution in [2.45, 2.75) is 6.92 Å². The van der Waals surface area contributed by atoms with Gasteiger partial charge in [0.1, 0.15) is 19.0 Å². The number of anilines is 1. The highest BCUT2D eigenvalue weighted by Gasteiger charge is 2.24. The number of hydrogen-bond acceptors (Lipinski definition) is 4. The number of aryl methyl sites for hydroxylation is 1. The van der Waals surface area contributed by atoms with Crippen LogP contribution in [0.3, 0.4) is 0 Å². The summed E-state index contributed by atoms with van der Waals surface area (Å²) < 4.78 is 17.1. The van der Waals surface area contributed by atoms with Gasteiger partial charge in [-0.2, -0.15) is 0 Å². The molecule has 1 aliphatic rings. The van der Waals surface area contributed by atoms with Gasteiger partial charge < -0.3 is 19.5 Å². The lowest BCUT2D eigenvalue weighted by Crippen LogP contribution is -2.10. The second-order valence-electron chi connectivity index (χ2n) is 7.07. The van der Waals surface area contributed by atoms with Gasteiger partial charge in [0.15, 0.2) is 11.5 Å². The van der Waals surface area contributed by atoms with Crippen LogP contribution in [0.1, 0.15) is 16.7 Å². The van der Waals surface area contributed by atoms with E-state index in [1.54, 1.807) is 19.2 Å². The van der Waals surface area contributed by atoms with Crippen LogP contribution in [0.5, 0.6) is 17.2 Å². The van der Waals surface area contributed by atoms with Crippen LogP contribution < -0.4 is 19.5 Å². The minimum absolute atomic E-state index is 0.162. The van der Waals surface area contributed by atoms with Gasteiger partial charge in [-0.25, -0.2) is 0 Å². The van der Waals surface area contributed by atoms with Gasteiger partial charge >= 0.3 is 0 Å². The number of fused-ring (bicyclic) bond motifs is 1. The maximum atomic E-state index is 12.4. The lowest BCUT2D eigenvalue weighted by molar-refractivity contribution is -0.110. The molecule has 3 aromatic rings. The minimum Gasteiger partial charge on any atom is -0.493 e. The molecule has 5 nitrogen and oxygen atoms in total. The maximum Gasteiger partial charge on any atom is 0.256 e. The second kappa shape index (κ2) is 9.14. The zero-order valence-electron chi connectivity index (χ0n) is 17.3. The monoisotopic (exact) mass is 435 g/mol. The Morgan fingerprint density at radius 1 is 0.935 bits per heavy atom. The molecule has 1 heterocycles. The fourth-order valence-electron chi connectivity index (χ4n) is 3.39. The molecular formula is C25H22ClNO4. The predicted molar refractivity (Wildman–Crippen MR) is 123 cm³/mol. The van der Waals surface area contributed by atoms with Crippen molar-refractivity contribution < 1.29 is 19.0 Å². The van der Waals surface area contributed by atoms with E-state index in [2.05, 4.69) is 5.32 Å². The van der Waals surface area contributed by atoms with Gasteiger partial charge in [0.25, 0.3) is 5.91 Å². The zero-order valence-corrected chi connectivity index (χ0v) is 18.0. The quantitative estimate of drug-likeness (QED) is 0.387. The number of benzene rings is 3. The van der Waals surface area contributed by atoms with Crippen LogP contribution in [0.2, 0.25) is 5.02 Å². The molecule has 0 bridgehead atoms. The van der Waals surface area contributed by atoms with Crippen molar-refractivity contribution in [2.24, 2.45) is 0 Å². The Morgan fingerprint density at radius 2 is 1.71 bits per heavy atom. The number of nitrogens with one attached hydrogen (secondary N) is 1. The molecule has 1 aliphatic heterocycles. The Balaban J connectivity index is 1.46. The zero-order chi connectivity index (χ0) is 21.8. The summed E-state index contributed by atoms with van der Waals surface area (Å²) >= 11 is 6.02. The Kier molecular flexibility index (Phi) is 6.14. The van der Waals surface area contributed by atoms with E-state index in [9.17, 15) is 4.79 Å². The van der Waals surface area contributed by atoms with Crippen molar-refractivity contribution in [3.8, 4) is 17.2 Å². The molecule has 0 atom stereocenters. The number of carbonyl (C=O) groups is 1. The fourth-order valence-corrected chi connectivity index (χ4v) is 3.56. The Hall–Kier alpha value is -3.44. The summed E-state index contributed by atoms with van der Waals surface area (Å²) in [5, 5.41) is 3.42. The summed E-state index contributed by atoms with van der Waals surface area (Å²) in [5.41, 5.74) is 4.02. The highest BCUT2D eigenvalue weighted by Crippen LogP contribution is 2.36. The molecule has 6 heteroatoms. The first kappa shape index (κ1) is 20.8. The average Bonchev–Trinajstić information content (AvgIpc) is 3.07. The predicted octanol–water partition coefficient (Wildman–Crippen LogP) is 5.61. The molecular weight excluding hydrogens is 414 g/mol. The lowest BCUT2D eigenvalue weighted by Gasteiger charge is -2.13. The topological polar surface area (TPSA) is 56.8 Å². The number of carbonyl (C=O) groups excluding carboxylic acids is 1. The molecule has 1 amide bonds. The van der Waals surface area contributed by atoms with Gasteiger partial charge in [-0.3, -0.25) is 4.79 Å². The molecule has 0 unspecified atom stereocenters.